The maximum absolute atomic E-state index is 11.4. The predicted octanol–water partition coefficient (Wildman–Crippen LogP) is 2.65. The number of nitrogens with two attached hydrogens (primary N) is 1. The van der Waals surface area contributed by atoms with Crippen LogP contribution in [0.1, 0.15) is 31.7 Å². The third-order valence-electron chi connectivity index (χ3n) is 3.93. The van der Waals surface area contributed by atoms with E-state index in [1.54, 1.807) is 0 Å². The molecule has 0 spiro atoms. The fourth-order valence-electron chi connectivity index (χ4n) is 2.75. The molecule has 1 aromatic carbocycles. The molecule has 3 N–H and O–H groups in total. The van der Waals surface area contributed by atoms with E-state index in [0.29, 0.717) is 0 Å². The van der Waals surface area contributed by atoms with Gasteiger partial charge in [-0.1, -0.05) is 13.0 Å². The van der Waals surface area contributed by atoms with Crippen molar-refractivity contribution in [3.05, 3.63) is 28.2 Å². The predicted molar refractivity (Wildman–Crippen MR) is 90.3 cm³/mol. The highest BCUT2D eigenvalue weighted by Gasteiger charge is 2.25. The Morgan fingerprint density at radius 3 is 3.00 bits per heavy atom. The lowest BCUT2D eigenvalue weighted by atomic mass is 9.97. The highest BCUT2D eigenvalue weighted by molar-refractivity contribution is 9.10. The van der Waals surface area contributed by atoms with Crippen molar-refractivity contribution in [1.29, 1.82) is 0 Å². The van der Waals surface area contributed by atoms with Crippen LogP contribution in [0, 0.1) is 5.92 Å². The second-order valence-electron chi connectivity index (χ2n) is 5.65. The van der Waals surface area contributed by atoms with Crippen molar-refractivity contribution in [3.63, 3.8) is 0 Å². The number of nitrogens with one attached hydrogen (secondary N) is 1. The van der Waals surface area contributed by atoms with Gasteiger partial charge in [-0.25, -0.2) is 0 Å². The van der Waals surface area contributed by atoms with Crippen molar-refractivity contribution in [3.8, 4) is 0 Å². The Hall–Kier alpha value is -1.07. The van der Waals surface area contributed by atoms with Crippen molar-refractivity contribution in [1.82, 2.24) is 5.32 Å². The number of hydrogen-bond donors (Lipinski definition) is 2. The number of carbonyl (C=O) groups is 1. The molecule has 0 aromatic heterocycles. The molecule has 1 aromatic rings. The Morgan fingerprint density at radius 1 is 1.52 bits per heavy atom. The third-order valence-corrected chi connectivity index (χ3v) is 4.57. The molecule has 1 aliphatic rings. The van der Waals surface area contributed by atoms with Crippen LogP contribution in [-0.4, -0.2) is 25.5 Å². The second-order valence-corrected chi connectivity index (χ2v) is 6.50. The third kappa shape index (κ3) is 4.45. The molecule has 1 aliphatic heterocycles. The highest BCUT2D eigenvalue weighted by atomic mass is 79.9. The number of carbonyl (C=O) groups excluding carboxylic acids is 1. The van der Waals surface area contributed by atoms with E-state index < -0.39 is 0 Å². The summed E-state index contributed by atoms with van der Waals surface area (Å²) >= 11 is 3.66. The van der Waals surface area contributed by atoms with Gasteiger partial charge in [0.1, 0.15) is 0 Å². The van der Waals surface area contributed by atoms with Crippen LogP contribution in [0.5, 0.6) is 0 Å². The van der Waals surface area contributed by atoms with Crippen LogP contribution >= 0.6 is 15.9 Å². The standard InChI is InChI=1S/C16H24BrN3O/c1-2-7-19-10-12-5-6-15(14(17)9-12)20-8-3-4-13(11-20)16(18)21/h5-6,9,13,19H,2-4,7-8,10-11H2,1H3,(H2,18,21). The van der Waals surface area contributed by atoms with Crippen LogP contribution in [-0.2, 0) is 11.3 Å². The number of anilines is 1. The molecule has 1 heterocycles. The zero-order chi connectivity index (χ0) is 15.2. The molecule has 1 saturated heterocycles. The zero-order valence-corrected chi connectivity index (χ0v) is 14.2. The summed E-state index contributed by atoms with van der Waals surface area (Å²) in [5.41, 5.74) is 7.87. The Morgan fingerprint density at radius 2 is 2.33 bits per heavy atom. The van der Waals surface area contributed by atoms with E-state index in [9.17, 15) is 4.79 Å². The molecule has 0 bridgehead atoms. The van der Waals surface area contributed by atoms with Gasteiger partial charge in [0.05, 0.1) is 11.6 Å². The average Bonchev–Trinajstić information content (AvgIpc) is 2.48. The van der Waals surface area contributed by atoms with E-state index in [2.05, 4.69) is 51.3 Å². The summed E-state index contributed by atoms with van der Waals surface area (Å²) in [5.74, 6) is -0.215. The molecule has 1 fully saturated rings. The van der Waals surface area contributed by atoms with E-state index in [1.807, 2.05) is 0 Å². The van der Waals surface area contributed by atoms with E-state index >= 15 is 0 Å². The van der Waals surface area contributed by atoms with Gasteiger partial charge in [-0.15, -0.1) is 0 Å². The topological polar surface area (TPSA) is 58.4 Å². The zero-order valence-electron chi connectivity index (χ0n) is 12.6. The van der Waals surface area contributed by atoms with Crippen LogP contribution in [0.2, 0.25) is 0 Å². The Bertz CT molecular complexity index is 492. The van der Waals surface area contributed by atoms with E-state index in [1.165, 1.54) is 5.56 Å². The molecular formula is C16H24BrN3O. The maximum Gasteiger partial charge on any atom is 0.222 e. The van der Waals surface area contributed by atoms with Gasteiger partial charge in [0.25, 0.3) is 0 Å². The van der Waals surface area contributed by atoms with Crippen LogP contribution in [0.15, 0.2) is 22.7 Å². The van der Waals surface area contributed by atoms with Crippen molar-refractivity contribution in [2.75, 3.05) is 24.5 Å². The Balaban J connectivity index is 2.04. The number of benzene rings is 1. The minimum absolute atomic E-state index is 0.0310. The molecule has 116 valence electrons. The Kier molecular flexibility index (Phi) is 6.06. The monoisotopic (exact) mass is 353 g/mol. The number of primary amides is 1. The van der Waals surface area contributed by atoms with Gasteiger partial charge in [-0.2, -0.15) is 0 Å². The fourth-order valence-corrected chi connectivity index (χ4v) is 3.43. The largest absolute Gasteiger partial charge is 0.370 e. The molecule has 1 atom stereocenters. The molecule has 1 unspecified atom stereocenters. The average molecular weight is 354 g/mol. The van der Waals surface area contributed by atoms with Gasteiger partial charge >= 0.3 is 0 Å². The normalized spacial score (nSPS) is 18.8. The van der Waals surface area contributed by atoms with Gasteiger partial charge in [0.2, 0.25) is 5.91 Å². The lowest BCUT2D eigenvalue weighted by molar-refractivity contribution is -0.122. The number of halogens is 1. The van der Waals surface area contributed by atoms with E-state index in [-0.39, 0.29) is 11.8 Å². The summed E-state index contributed by atoms with van der Waals surface area (Å²) in [6.07, 6.45) is 3.06. The summed E-state index contributed by atoms with van der Waals surface area (Å²) in [4.78, 5) is 13.6. The van der Waals surface area contributed by atoms with E-state index in [0.717, 1.165) is 55.6 Å². The van der Waals surface area contributed by atoms with E-state index in [4.69, 9.17) is 5.73 Å². The van der Waals surface area contributed by atoms with Gasteiger partial charge < -0.3 is 16.0 Å². The minimum atomic E-state index is -0.184. The highest BCUT2D eigenvalue weighted by Crippen LogP contribution is 2.30. The second kappa shape index (κ2) is 7.80. The molecule has 4 nitrogen and oxygen atoms in total. The van der Waals surface area contributed by atoms with Gasteiger partial charge in [-0.05, 0) is 59.4 Å². The van der Waals surface area contributed by atoms with Gasteiger partial charge in [0.15, 0.2) is 0 Å². The Labute approximate surface area is 135 Å². The van der Waals surface area contributed by atoms with Crippen molar-refractivity contribution >= 4 is 27.5 Å². The van der Waals surface area contributed by atoms with Crippen molar-refractivity contribution in [2.24, 2.45) is 11.7 Å². The molecule has 5 heteroatoms. The number of amides is 1. The van der Waals surface area contributed by atoms with Gasteiger partial charge in [0, 0.05) is 24.1 Å². The van der Waals surface area contributed by atoms with Gasteiger partial charge in [-0.3, -0.25) is 4.79 Å². The summed E-state index contributed by atoms with van der Waals surface area (Å²) < 4.78 is 1.09. The number of piperidine rings is 1. The minimum Gasteiger partial charge on any atom is -0.370 e. The lowest BCUT2D eigenvalue weighted by Crippen LogP contribution is -2.41. The summed E-state index contributed by atoms with van der Waals surface area (Å²) in [6.45, 7) is 5.79. The van der Waals surface area contributed by atoms with Crippen LogP contribution in [0.25, 0.3) is 0 Å². The first-order chi connectivity index (χ1) is 10.1. The maximum atomic E-state index is 11.4. The molecule has 2 rings (SSSR count). The number of rotatable bonds is 6. The van der Waals surface area contributed by atoms with Crippen molar-refractivity contribution < 1.29 is 4.79 Å². The van der Waals surface area contributed by atoms with Crippen LogP contribution in [0.4, 0.5) is 5.69 Å². The SMILES string of the molecule is CCCNCc1ccc(N2CCCC(C(N)=O)C2)c(Br)c1. The molecule has 0 aliphatic carbocycles. The quantitative estimate of drug-likeness (QED) is 0.773. The molecule has 0 saturated carbocycles. The first kappa shape index (κ1) is 16.3. The number of nitrogens with zero attached hydrogens (tertiary/aromatic N) is 1. The molecule has 21 heavy (non-hydrogen) atoms. The van der Waals surface area contributed by atoms with Crippen molar-refractivity contribution in [2.45, 2.75) is 32.7 Å². The first-order valence-electron chi connectivity index (χ1n) is 7.65. The summed E-state index contributed by atoms with van der Waals surface area (Å²) in [5, 5.41) is 3.40. The van der Waals surface area contributed by atoms with Crippen LogP contribution < -0.4 is 16.0 Å². The summed E-state index contributed by atoms with van der Waals surface area (Å²) in [7, 11) is 0. The fraction of sp³-hybridized carbons (Fsp3) is 0.562. The molecule has 0 radical (unpaired) electrons. The first-order valence-corrected chi connectivity index (χ1v) is 8.44. The van der Waals surface area contributed by atoms with Crippen LogP contribution in [0.3, 0.4) is 0 Å². The molecule has 1 amide bonds. The number of hydrogen-bond acceptors (Lipinski definition) is 3. The summed E-state index contributed by atoms with van der Waals surface area (Å²) in [6, 6.07) is 6.44. The smallest absolute Gasteiger partial charge is 0.222 e. The molecular weight excluding hydrogens is 330 g/mol. The lowest BCUT2D eigenvalue weighted by Gasteiger charge is -2.33.